The normalized spacial score (nSPS) is 32.7. The van der Waals surface area contributed by atoms with Crippen molar-refractivity contribution in [1.29, 1.82) is 0 Å². The molecular formula is C30H53N3O3. The molecule has 0 aromatic heterocycles. The number of carbonyl (C=O) groups is 3. The lowest BCUT2D eigenvalue weighted by atomic mass is 9.83. The van der Waals surface area contributed by atoms with E-state index in [4.69, 9.17) is 0 Å². The first kappa shape index (κ1) is 29.0. The molecule has 0 spiro atoms. The van der Waals surface area contributed by atoms with Crippen molar-refractivity contribution in [2.24, 2.45) is 29.6 Å². The highest BCUT2D eigenvalue weighted by Gasteiger charge is 2.33. The third-order valence-electron chi connectivity index (χ3n) is 9.57. The van der Waals surface area contributed by atoms with Crippen molar-refractivity contribution in [2.45, 2.75) is 142 Å². The van der Waals surface area contributed by atoms with Gasteiger partial charge < -0.3 is 16.0 Å². The molecule has 8 unspecified atom stereocenters. The summed E-state index contributed by atoms with van der Waals surface area (Å²) in [4.78, 5) is 40.0. The Balaban J connectivity index is 1.65. The van der Waals surface area contributed by atoms with Crippen molar-refractivity contribution in [3.63, 3.8) is 0 Å². The first-order valence-corrected chi connectivity index (χ1v) is 15.2. The van der Waals surface area contributed by atoms with E-state index in [-0.39, 0.29) is 48.2 Å². The van der Waals surface area contributed by atoms with Crippen molar-refractivity contribution in [3.05, 3.63) is 0 Å². The molecule has 6 heteroatoms. The van der Waals surface area contributed by atoms with Crippen LogP contribution in [0.15, 0.2) is 0 Å². The van der Waals surface area contributed by atoms with Gasteiger partial charge in [-0.2, -0.15) is 0 Å². The quantitative estimate of drug-likeness (QED) is 0.368. The number of hydrogen-bond acceptors (Lipinski definition) is 3. The van der Waals surface area contributed by atoms with E-state index in [1.165, 1.54) is 19.3 Å². The fourth-order valence-corrected chi connectivity index (χ4v) is 6.77. The van der Waals surface area contributed by atoms with E-state index in [0.29, 0.717) is 30.6 Å². The Bertz CT molecular complexity index is 726. The Morgan fingerprint density at radius 2 is 1.00 bits per heavy atom. The number of nitrogens with one attached hydrogen (secondary N) is 3. The second-order valence-electron chi connectivity index (χ2n) is 12.4. The summed E-state index contributed by atoms with van der Waals surface area (Å²) >= 11 is 0. The summed E-state index contributed by atoms with van der Waals surface area (Å²) in [5, 5.41) is 9.84. The van der Waals surface area contributed by atoms with Crippen LogP contribution >= 0.6 is 0 Å². The van der Waals surface area contributed by atoms with E-state index in [2.05, 4.69) is 36.7 Å². The second-order valence-corrected chi connectivity index (χ2v) is 12.4. The van der Waals surface area contributed by atoms with Gasteiger partial charge in [-0.15, -0.1) is 0 Å². The first-order chi connectivity index (χ1) is 17.3. The van der Waals surface area contributed by atoms with Crippen LogP contribution in [0.25, 0.3) is 0 Å². The lowest BCUT2D eigenvalue weighted by Crippen LogP contribution is -2.48. The van der Waals surface area contributed by atoms with Gasteiger partial charge in [0.05, 0.1) is 0 Å². The molecule has 3 aliphatic carbocycles. The van der Waals surface area contributed by atoms with Crippen molar-refractivity contribution in [3.8, 4) is 0 Å². The summed E-state index contributed by atoms with van der Waals surface area (Å²) in [5.41, 5.74) is 0. The topological polar surface area (TPSA) is 87.3 Å². The van der Waals surface area contributed by atoms with Gasteiger partial charge in [-0.25, -0.2) is 0 Å². The van der Waals surface area contributed by atoms with Gasteiger partial charge in [0.25, 0.3) is 0 Å². The maximum absolute atomic E-state index is 13.5. The predicted octanol–water partition coefficient (Wildman–Crippen LogP) is 5.49. The van der Waals surface area contributed by atoms with Crippen molar-refractivity contribution in [2.75, 3.05) is 0 Å². The standard InChI is InChI=1S/C30H53N3O3/c1-5-23(29(35)32-26-16-10-7-13-21(26)3)18-24(30(36)33-27-17-11-8-14-22(27)4)19-28(34)31-25-15-9-6-12-20(25)2/h20-27H,5-19H2,1-4H3,(H,31,34)(H,32,35)(H,33,36). The Kier molecular flexibility index (Phi) is 11.6. The highest BCUT2D eigenvalue weighted by molar-refractivity contribution is 5.87. The molecule has 0 saturated heterocycles. The molecule has 0 aromatic rings. The van der Waals surface area contributed by atoms with Gasteiger partial charge in [0.1, 0.15) is 0 Å². The molecule has 36 heavy (non-hydrogen) atoms. The summed E-state index contributed by atoms with van der Waals surface area (Å²) in [7, 11) is 0. The number of rotatable bonds is 10. The molecule has 0 aromatic carbocycles. The highest BCUT2D eigenvalue weighted by Crippen LogP contribution is 2.28. The van der Waals surface area contributed by atoms with Crippen LogP contribution in [-0.4, -0.2) is 35.8 Å². The van der Waals surface area contributed by atoms with Gasteiger partial charge >= 0.3 is 0 Å². The van der Waals surface area contributed by atoms with Crippen LogP contribution in [0.3, 0.4) is 0 Å². The van der Waals surface area contributed by atoms with Crippen LogP contribution in [0.5, 0.6) is 0 Å². The summed E-state index contributed by atoms with van der Waals surface area (Å²) in [6.45, 7) is 8.67. The summed E-state index contributed by atoms with van der Waals surface area (Å²) in [6.07, 6.45) is 14.9. The lowest BCUT2D eigenvalue weighted by molar-refractivity contribution is -0.134. The molecule has 3 amide bonds. The minimum atomic E-state index is -0.475. The molecule has 3 aliphatic rings. The van der Waals surface area contributed by atoms with E-state index in [0.717, 1.165) is 57.8 Å². The van der Waals surface area contributed by atoms with E-state index < -0.39 is 5.92 Å². The van der Waals surface area contributed by atoms with Crippen molar-refractivity contribution >= 4 is 17.7 Å². The molecule has 206 valence electrons. The van der Waals surface area contributed by atoms with Gasteiger partial charge in [-0.3, -0.25) is 14.4 Å². The molecule has 0 bridgehead atoms. The summed E-state index contributed by atoms with van der Waals surface area (Å²) < 4.78 is 0. The van der Waals surface area contributed by atoms with E-state index in [1.807, 2.05) is 6.92 Å². The van der Waals surface area contributed by atoms with Crippen LogP contribution < -0.4 is 16.0 Å². The van der Waals surface area contributed by atoms with Crippen molar-refractivity contribution < 1.29 is 14.4 Å². The molecular weight excluding hydrogens is 450 g/mol. The van der Waals surface area contributed by atoms with E-state index >= 15 is 0 Å². The summed E-state index contributed by atoms with van der Waals surface area (Å²) in [6, 6.07) is 0.602. The smallest absolute Gasteiger partial charge is 0.223 e. The molecule has 3 saturated carbocycles. The predicted molar refractivity (Wildman–Crippen MR) is 145 cm³/mol. The maximum atomic E-state index is 13.5. The molecule has 8 atom stereocenters. The third kappa shape index (κ3) is 8.48. The van der Waals surface area contributed by atoms with Crippen molar-refractivity contribution in [1.82, 2.24) is 16.0 Å². The van der Waals surface area contributed by atoms with E-state index in [1.54, 1.807) is 0 Å². The number of amides is 3. The lowest BCUT2D eigenvalue weighted by Gasteiger charge is -2.33. The fraction of sp³-hybridized carbons (Fsp3) is 0.900. The zero-order valence-electron chi connectivity index (χ0n) is 23.5. The highest BCUT2D eigenvalue weighted by atomic mass is 16.2. The van der Waals surface area contributed by atoms with Gasteiger partial charge in [0.15, 0.2) is 0 Å². The maximum Gasteiger partial charge on any atom is 0.223 e. The van der Waals surface area contributed by atoms with Gasteiger partial charge in [-0.05, 0) is 69.1 Å². The second kappa shape index (κ2) is 14.4. The van der Waals surface area contributed by atoms with E-state index in [9.17, 15) is 14.4 Å². The fourth-order valence-electron chi connectivity index (χ4n) is 6.77. The molecule has 0 radical (unpaired) electrons. The molecule has 3 rings (SSSR count). The minimum absolute atomic E-state index is 0.0400. The first-order valence-electron chi connectivity index (χ1n) is 15.2. The zero-order chi connectivity index (χ0) is 26.1. The molecule has 0 aliphatic heterocycles. The Labute approximate surface area is 219 Å². The molecule has 6 nitrogen and oxygen atoms in total. The van der Waals surface area contributed by atoms with Crippen LogP contribution in [0.1, 0.15) is 124 Å². The number of carbonyl (C=O) groups excluding carboxylic acids is 3. The molecule has 0 heterocycles. The Hall–Kier alpha value is -1.59. The average Bonchev–Trinajstić information content (AvgIpc) is 2.85. The van der Waals surface area contributed by atoms with Gasteiger partial charge in [0.2, 0.25) is 17.7 Å². The minimum Gasteiger partial charge on any atom is -0.353 e. The molecule has 3 N–H and O–H groups in total. The Morgan fingerprint density at radius 3 is 1.42 bits per heavy atom. The number of hydrogen-bond donors (Lipinski definition) is 3. The third-order valence-corrected chi connectivity index (χ3v) is 9.57. The monoisotopic (exact) mass is 503 g/mol. The largest absolute Gasteiger partial charge is 0.353 e. The van der Waals surface area contributed by atoms with Crippen LogP contribution in [0, 0.1) is 29.6 Å². The van der Waals surface area contributed by atoms with Gasteiger partial charge in [-0.1, -0.05) is 66.2 Å². The van der Waals surface area contributed by atoms with Gasteiger partial charge in [0, 0.05) is 36.4 Å². The molecule has 3 fully saturated rings. The average molecular weight is 504 g/mol. The summed E-state index contributed by atoms with van der Waals surface area (Å²) in [5.74, 6) is 0.678. The van der Waals surface area contributed by atoms with Crippen LogP contribution in [0.4, 0.5) is 0 Å². The Morgan fingerprint density at radius 1 is 0.611 bits per heavy atom. The zero-order valence-corrected chi connectivity index (χ0v) is 23.5. The SMILES string of the molecule is CCC(CC(CC(=O)NC1CCCCC1C)C(=O)NC1CCCCC1C)C(=O)NC1CCCCC1C. The van der Waals surface area contributed by atoms with Crippen LogP contribution in [-0.2, 0) is 14.4 Å². The van der Waals surface area contributed by atoms with Crippen LogP contribution in [0.2, 0.25) is 0 Å².